The average Bonchev–Trinajstić information content (AvgIpc) is 2.72. The van der Waals surface area contributed by atoms with E-state index in [9.17, 15) is 18.4 Å². The van der Waals surface area contributed by atoms with Crippen molar-refractivity contribution in [1.29, 1.82) is 0 Å². The van der Waals surface area contributed by atoms with Gasteiger partial charge in [0.25, 0.3) is 0 Å². The molecule has 0 heterocycles. The molecule has 29 heavy (non-hydrogen) atoms. The van der Waals surface area contributed by atoms with Gasteiger partial charge in [-0.05, 0) is 48.7 Å². The van der Waals surface area contributed by atoms with Crippen LogP contribution in [0.15, 0.2) is 48.5 Å². The van der Waals surface area contributed by atoms with Crippen LogP contribution in [0.25, 0.3) is 0 Å². The van der Waals surface area contributed by atoms with E-state index in [0.717, 1.165) is 17.5 Å². The predicted octanol–water partition coefficient (Wildman–Crippen LogP) is 4.14. The van der Waals surface area contributed by atoms with Gasteiger partial charge >= 0.3 is 0 Å². The molecule has 2 aromatic carbocycles. The van der Waals surface area contributed by atoms with Crippen molar-refractivity contribution >= 4 is 23.6 Å². The second kappa shape index (κ2) is 11.6. The summed E-state index contributed by atoms with van der Waals surface area (Å²) in [5, 5.41) is 2.81. The van der Waals surface area contributed by atoms with Gasteiger partial charge in [0.1, 0.15) is 17.7 Å². The zero-order valence-corrected chi connectivity index (χ0v) is 17.5. The fraction of sp³-hybridized carbons (Fsp3) is 0.364. The number of rotatable bonds is 10. The third-order valence-electron chi connectivity index (χ3n) is 4.39. The smallest absolute Gasteiger partial charge is 0.242 e. The average molecular weight is 421 g/mol. The third kappa shape index (κ3) is 7.49. The molecule has 0 aliphatic heterocycles. The van der Waals surface area contributed by atoms with Crippen LogP contribution in [0.1, 0.15) is 31.4 Å². The van der Waals surface area contributed by atoms with Crippen LogP contribution in [0.4, 0.5) is 8.78 Å². The molecule has 1 unspecified atom stereocenters. The Balaban J connectivity index is 2.03. The summed E-state index contributed by atoms with van der Waals surface area (Å²) in [7, 11) is 0. The Morgan fingerprint density at radius 2 is 1.55 bits per heavy atom. The summed E-state index contributed by atoms with van der Waals surface area (Å²) in [5.41, 5.74) is 1.67. The second-order valence-electron chi connectivity index (χ2n) is 6.73. The monoisotopic (exact) mass is 420 g/mol. The molecular weight excluding hydrogens is 394 g/mol. The van der Waals surface area contributed by atoms with E-state index in [-0.39, 0.29) is 35.7 Å². The van der Waals surface area contributed by atoms with Gasteiger partial charge in [-0.25, -0.2) is 8.78 Å². The first kappa shape index (κ1) is 22.9. The Labute approximate surface area is 174 Å². The van der Waals surface area contributed by atoms with Crippen molar-refractivity contribution in [2.75, 3.05) is 12.3 Å². The van der Waals surface area contributed by atoms with E-state index in [2.05, 4.69) is 5.32 Å². The number of hydrogen-bond acceptors (Lipinski definition) is 3. The highest BCUT2D eigenvalue weighted by molar-refractivity contribution is 7.99. The number of nitrogens with zero attached hydrogens (tertiary/aromatic N) is 1. The van der Waals surface area contributed by atoms with Gasteiger partial charge in [0.2, 0.25) is 11.8 Å². The van der Waals surface area contributed by atoms with Crippen LogP contribution in [-0.2, 0) is 21.9 Å². The molecule has 0 aromatic heterocycles. The van der Waals surface area contributed by atoms with Crippen molar-refractivity contribution in [3.8, 4) is 0 Å². The van der Waals surface area contributed by atoms with Gasteiger partial charge in [0.15, 0.2) is 0 Å². The molecule has 2 rings (SSSR count). The van der Waals surface area contributed by atoms with Gasteiger partial charge in [0.05, 0.1) is 5.75 Å². The van der Waals surface area contributed by atoms with Crippen molar-refractivity contribution in [2.24, 2.45) is 0 Å². The first-order chi connectivity index (χ1) is 13.9. The molecule has 2 amide bonds. The van der Waals surface area contributed by atoms with Crippen molar-refractivity contribution in [1.82, 2.24) is 10.2 Å². The zero-order chi connectivity index (χ0) is 21.2. The maximum absolute atomic E-state index is 13.2. The van der Waals surface area contributed by atoms with Crippen LogP contribution in [-0.4, -0.2) is 35.1 Å². The van der Waals surface area contributed by atoms with Gasteiger partial charge in [0, 0.05) is 18.8 Å². The van der Waals surface area contributed by atoms with E-state index in [1.807, 2.05) is 6.92 Å². The van der Waals surface area contributed by atoms with Crippen LogP contribution >= 0.6 is 11.8 Å². The zero-order valence-electron chi connectivity index (χ0n) is 16.7. The number of carbonyl (C=O) groups is 2. The molecule has 4 nitrogen and oxygen atoms in total. The Morgan fingerprint density at radius 1 is 1.00 bits per heavy atom. The number of halogens is 2. The van der Waals surface area contributed by atoms with E-state index in [1.54, 1.807) is 31.2 Å². The normalized spacial score (nSPS) is 11.7. The summed E-state index contributed by atoms with van der Waals surface area (Å²) in [6, 6.07) is 11.4. The Morgan fingerprint density at radius 3 is 2.10 bits per heavy atom. The van der Waals surface area contributed by atoms with E-state index in [1.165, 1.54) is 40.9 Å². The minimum atomic E-state index is -0.648. The lowest BCUT2D eigenvalue weighted by Gasteiger charge is -2.28. The standard InChI is InChI=1S/C22H26F2N2O2S/c1-3-12-25-22(28)16(2)26(13-17-4-8-19(23)9-5-17)21(27)15-29-14-18-6-10-20(24)11-7-18/h4-11,16H,3,12-15H2,1-2H3,(H,25,28). The van der Waals surface area contributed by atoms with E-state index >= 15 is 0 Å². The minimum Gasteiger partial charge on any atom is -0.354 e. The molecular formula is C22H26F2N2O2S. The highest BCUT2D eigenvalue weighted by atomic mass is 32.2. The van der Waals surface area contributed by atoms with Gasteiger partial charge in [-0.3, -0.25) is 9.59 Å². The summed E-state index contributed by atoms with van der Waals surface area (Å²) in [6.45, 7) is 4.41. The number of thioether (sulfide) groups is 1. The third-order valence-corrected chi connectivity index (χ3v) is 5.38. The molecule has 156 valence electrons. The molecule has 0 aliphatic rings. The first-order valence-electron chi connectivity index (χ1n) is 9.54. The second-order valence-corrected chi connectivity index (χ2v) is 7.72. The number of carbonyl (C=O) groups excluding carboxylic acids is 2. The lowest BCUT2D eigenvalue weighted by molar-refractivity contribution is -0.138. The van der Waals surface area contributed by atoms with Crippen molar-refractivity contribution in [3.63, 3.8) is 0 Å². The van der Waals surface area contributed by atoms with Crippen LogP contribution in [0.2, 0.25) is 0 Å². The first-order valence-corrected chi connectivity index (χ1v) is 10.7. The highest BCUT2D eigenvalue weighted by Crippen LogP contribution is 2.16. The molecule has 1 N–H and O–H groups in total. The highest BCUT2D eigenvalue weighted by Gasteiger charge is 2.25. The van der Waals surface area contributed by atoms with Crippen molar-refractivity contribution in [2.45, 2.75) is 38.6 Å². The number of amides is 2. The summed E-state index contributed by atoms with van der Waals surface area (Å²) < 4.78 is 26.2. The summed E-state index contributed by atoms with van der Waals surface area (Å²) in [4.78, 5) is 26.8. The van der Waals surface area contributed by atoms with E-state index in [0.29, 0.717) is 12.3 Å². The van der Waals surface area contributed by atoms with Gasteiger partial charge in [-0.2, -0.15) is 0 Å². The van der Waals surface area contributed by atoms with Crippen molar-refractivity contribution in [3.05, 3.63) is 71.3 Å². The fourth-order valence-corrected chi connectivity index (χ4v) is 3.56. The van der Waals surface area contributed by atoms with E-state index < -0.39 is 6.04 Å². The Hall–Kier alpha value is -2.41. The Bertz CT molecular complexity index is 797. The van der Waals surface area contributed by atoms with Crippen molar-refractivity contribution < 1.29 is 18.4 Å². The SMILES string of the molecule is CCCNC(=O)C(C)N(Cc1ccc(F)cc1)C(=O)CSCc1ccc(F)cc1. The van der Waals surface area contributed by atoms with Crippen LogP contribution in [0, 0.1) is 11.6 Å². The Kier molecular flexibility index (Phi) is 9.12. The lowest BCUT2D eigenvalue weighted by Crippen LogP contribution is -2.48. The molecule has 0 bridgehead atoms. The summed E-state index contributed by atoms with van der Waals surface area (Å²) >= 11 is 1.40. The molecule has 0 radical (unpaired) electrons. The molecule has 0 saturated carbocycles. The van der Waals surface area contributed by atoms with E-state index in [4.69, 9.17) is 0 Å². The largest absolute Gasteiger partial charge is 0.354 e. The van der Waals surface area contributed by atoms with Crippen LogP contribution in [0.5, 0.6) is 0 Å². The quantitative estimate of drug-likeness (QED) is 0.628. The van der Waals surface area contributed by atoms with Gasteiger partial charge < -0.3 is 10.2 Å². The summed E-state index contributed by atoms with van der Waals surface area (Å²) in [5.74, 6) is -0.301. The fourth-order valence-electron chi connectivity index (χ4n) is 2.68. The molecule has 1 atom stereocenters. The molecule has 0 aliphatic carbocycles. The maximum atomic E-state index is 13.2. The van der Waals surface area contributed by atoms with Gasteiger partial charge in [-0.1, -0.05) is 31.2 Å². The molecule has 0 saturated heterocycles. The maximum Gasteiger partial charge on any atom is 0.242 e. The summed E-state index contributed by atoms with van der Waals surface area (Å²) in [6.07, 6.45) is 0.803. The predicted molar refractivity (Wildman–Crippen MR) is 112 cm³/mol. The lowest BCUT2D eigenvalue weighted by atomic mass is 10.1. The number of benzene rings is 2. The van der Waals surface area contributed by atoms with Crippen LogP contribution < -0.4 is 5.32 Å². The molecule has 7 heteroatoms. The molecule has 0 spiro atoms. The molecule has 0 fully saturated rings. The number of nitrogens with one attached hydrogen (secondary N) is 1. The topological polar surface area (TPSA) is 49.4 Å². The molecule has 2 aromatic rings. The van der Waals surface area contributed by atoms with Crippen LogP contribution in [0.3, 0.4) is 0 Å². The number of hydrogen-bond donors (Lipinski definition) is 1. The minimum absolute atomic E-state index is 0.180. The van der Waals surface area contributed by atoms with Gasteiger partial charge in [-0.15, -0.1) is 11.8 Å².